The topological polar surface area (TPSA) is 95.9 Å². The summed E-state index contributed by atoms with van der Waals surface area (Å²) in [5, 5.41) is 23.2. The van der Waals surface area contributed by atoms with Crippen LogP contribution in [0.1, 0.15) is 393 Å². The van der Waals surface area contributed by atoms with Gasteiger partial charge in [-0.25, -0.2) is 0 Å². The van der Waals surface area contributed by atoms with Gasteiger partial charge < -0.3 is 20.3 Å². The summed E-state index contributed by atoms with van der Waals surface area (Å²) in [6.45, 7) is 4.97. The Hall–Kier alpha value is -1.14. The maximum atomic E-state index is 12.4. The van der Waals surface area contributed by atoms with Crippen LogP contribution in [0, 0.1) is 0 Å². The SMILES string of the molecule is CCCCCCCCCCCCCC(=O)OCCCCCCCCCCCCCCCCCCCCCCCCCCCCCCCCCCCCCC(=O)NC(CO)C(O)CCCCCCCCCCCC. The highest BCUT2D eigenvalue weighted by atomic mass is 16.5. The van der Waals surface area contributed by atoms with Crippen LogP contribution >= 0.6 is 0 Å². The van der Waals surface area contributed by atoms with Crippen molar-refractivity contribution in [1.29, 1.82) is 0 Å². The lowest BCUT2D eigenvalue weighted by molar-refractivity contribution is -0.143. The van der Waals surface area contributed by atoms with Gasteiger partial charge in [0.2, 0.25) is 5.91 Å². The molecule has 2 unspecified atom stereocenters. The Kier molecular flexibility index (Phi) is 62.4. The molecule has 3 N–H and O–H groups in total. The van der Waals surface area contributed by atoms with Crippen molar-refractivity contribution >= 4 is 11.9 Å². The first-order chi connectivity index (χ1) is 36.0. The van der Waals surface area contributed by atoms with E-state index in [2.05, 4.69) is 19.2 Å². The van der Waals surface area contributed by atoms with Gasteiger partial charge in [-0.3, -0.25) is 9.59 Å². The normalized spacial score (nSPS) is 12.4. The van der Waals surface area contributed by atoms with Gasteiger partial charge in [0.25, 0.3) is 0 Å². The molecule has 0 radical (unpaired) electrons. The molecule has 0 aliphatic carbocycles. The largest absolute Gasteiger partial charge is 0.466 e. The Labute approximate surface area is 457 Å². The Bertz CT molecular complexity index is 1050. The first kappa shape index (κ1) is 71.9. The number of ether oxygens (including phenoxy) is 1. The molecule has 0 aromatic carbocycles. The molecule has 73 heavy (non-hydrogen) atoms. The number of unbranched alkanes of at least 4 members (excludes halogenated alkanes) is 53. The number of hydrogen-bond donors (Lipinski definition) is 3. The highest BCUT2D eigenvalue weighted by Gasteiger charge is 2.20. The van der Waals surface area contributed by atoms with Crippen molar-refractivity contribution in [2.45, 2.75) is 405 Å². The molecule has 0 aromatic rings. The maximum absolute atomic E-state index is 12.4. The Morgan fingerprint density at radius 1 is 0.329 bits per heavy atom. The van der Waals surface area contributed by atoms with E-state index in [0.717, 1.165) is 38.5 Å². The molecule has 6 nitrogen and oxygen atoms in total. The third-order valence-electron chi connectivity index (χ3n) is 16.2. The fourth-order valence-electron chi connectivity index (χ4n) is 11.0. The number of hydrogen-bond acceptors (Lipinski definition) is 5. The second kappa shape index (κ2) is 63.4. The molecule has 0 aromatic heterocycles. The van der Waals surface area contributed by atoms with Crippen LogP contribution in [0.4, 0.5) is 0 Å². The zero-order chi connectivity index (χ0) is 52.9. The number of aliphatic hydroxyl groups is 2. The van der Waals surface area contributed by atoms with E-state index in [1.807, 2.05) is 0 Å². The van der Waals surface area contributed by atoms with Crippen molar-refractivity contribution < 1.29 is 24.5 Å². The lowest BCUT2D eigenvalue weighted by Gasteiger charge is -2.22. The van der Waals surface area contributed by atoms with E-state index in [1.54, 1.807) is 0 Å². The zero-order valence-corrected chi connectivity index (χ0v) is 49.9. The molecule has 0 fully saturated rings. The van der Waals surface area contributed by atoms with E-state index in [9.17, 15) is 19.8 Å². The van der Waals surface area contributed by atoms with Crippen LogP contribution in [0.25, 0.3) is 0 Å². The summed E-state index contributed by atoms with van der Waals surface area (Å²) in [6, 6.07) is -0.534. The number of carbonyl (C=O) groups is 2. The summed E-state index contributed by atoms with van der Waals surface area (Å²) in [6.07, 6.45) is 76.0. The van der Waals surface area contributed by atoms with Crippen molar-refractivity contribution in [1.82, 2.24) is 5.32 Å². The molecule has 1 amide bonds. The van der Waals surface area contributed by atoms with Gasteiger partial charge in [0.05, 0.1) is 25.4 Å². The smallest absolute Gasteiger partial charge is 0.305 e. The average molecular weight is 1030 g/mol. The minimum Gasteiger partial charge on any atom is -0.466 e. The summed E-state index contributed by atoms with van der Waals surface area (Å²) in [5.41, 5.74) is 0. The molecule has 0 aliphatic heterocycles. The Morgan fingerprint density at radius 3 is 0.836 bits per heavy atom. The van der Waals surface area contributed by atoms with Gasteiger partial charge in [-0.15, -0.1) is 0 Å². The quantitative estimate of drug-likeness (QED) is 0.0417. The fourth-order valence-corrected chi connectivity index (χ4v) is 11.0. The van der Waals surface area contributed by atoms with Crippen LogP contribution in [0.5, 0.6) is 0 Å². The maximum Gasteiger partial charge on any atom is 0.305 e. The van der Waals surface area contributed by atoms with Crippen LogP contribution < -0.4 is 5.32 Å². The van der Waals surface area contributed by atoms with Crippen LogP contribution in [-0.2, 0) is 14.3 Å². The standard InChI is InChI=1S/C67H133NO5/c1-3-5-7-9-11-13-40-45-49-53-57-61-67(72)73-62-58-54-50-46-42-39-37-35-33-31-29-27-25-23-21-19-17-15-16-18-20-22-24-26-28-30-32-34-36-38-41-44-48-52-56-60-66(71)68-64(63-69)65(70)59-55-51-47-43-14-12-10-8-6-4-2/h64-65,69-70H,3-63H2,1-2H3,(H,68,71). The second-order valence-electron chi connectivity index (χ2n) is 23.5. The van der Waals surface area contributed by atoms with Crippen molar-refractivity contribution in [3.05, 3.63) is 0 Å². The molecule has 2 atom stereocenters. The molecule has 0 bridgehead atoms. The fraction of sp³-hybridized carbons (Fsp3) is 0.970. The van der Waals surface area contributed by atoms with E-state index in [4.69, 9.17) is 4.74 Å². The van der Waals surface area contributed by atoms with E-state index >= 15 is 0 Å². The van der Waals surface area contributed by atoms with Gasteiger partial charge in [0, 0.05) is 12.8 Å². The predicted molar refractivity (Wildman–Crippen MR) is 320 cm³/mol. The van der Waals surface area contributed by atoms with E-state index < -0.39 is 12.1 Å². The third-order valence-corrected chi connectivity index (χ3v) is 16.2. The van der Waals surface area contributed by atoms with Gasteiger partial charge in [0.1, 0.15) is 0 Å². The lowest BCUT2D eigenvalue weighted by Crippen LogP contribution is -2.45. The first-order valence-corrected chi connectivity index (χ1v) is 33.8. The number of aliphatic hydroxyl groups excluding tert-OH is 2. The van der Waals surface area contributed by atoms with E-state index in [0.29, 0.717) is 25.9 Å². The monoisotopic (exact) mass is 1030 g/mol. The van der Waals surface area contributed by atoms with E-state index in [-0.39, 0.29) is 18.5 Å². The van der Waals surface area contributed by atoms with E-state index in [1.165, 1.54) is 321 Å². The van der Waals surface area contributed by atoms with Gasteiger partial charge in [0.15, 0.2) is 0 Å². The number of nitrogens with one attached hydrogen (secondary N) is 1. The minimum absolute atomic E-state index is 0.0230. The van der Waals surface area contributed by atoms with Gasteiger partial charge >= 0.3 is 5.97 Å². The Morgan fingerprint density at radius 2 is 0.562 bits per heavy atom. The first-order valence-electron chi connectivity index (χ1n) is 33.8. The Balaban J connectivity index is 3.27. The van der Waals surface area contributed by atoms with Crippen LogP contribution in [0.2, 0.25) is 0 Å². The van der Waals surface area contributed by atoms with Crippen molar-refractivity contribution in [3.8, 4) is 0 Å². The molecule has 0 heterocycles. The molecular formula is C67H133NO5. The lowest BCUT2D eigenvalue weighted by atomic mass is 10.0. The second-order valence-corrected chi connectivity index (χ2v) is 23.5. The molecule has 0 rings (SSSR count). The molecule has 0 aliphatic rings. The van der Waals surface area contributed by atoms with Crippen molar-refractivity contribution in [3.63, 3.8) is 0 Å². The van der Waals surface area contributed by atoms with Gasteiger partial charge in [-0.05, 0) is 25.7 Å². The molecule has 0 saturated heterocycles. The molecule has 0 saturated carbocycles. The summed E-state index contributed by atoms with van der Waals surface area (Å²) in [7, 11) is 0. The molecule has 436 valence electrons. The van der Waals surface area contributed by atoms with Crippen molar-refractivity contribution in [2.24, 2.45) is 0 Å². The van der Waals surface area contributed by atoms with Crippen LogP contribution in [0.3, 0.4) is 0 Å². The van der Waals surface area contributed by atoms with Crippen LogP contribution in [-0.4, -0.2) is 47.4 Å². The summed E-state index contributed by atoms with van der Waals surface area (Å²) in [5.74, 6) is -0.00591. The third kappa shape index (κ3) is 60.0. The van der Waals surface area contributed by atoms with Crippen molar-refractivity contribution in [2.75, 3.05) is 13.2 Å². The predicted octanol–water partition coefficient (Wildman–Crippen LogP) is 21.4. The molecular weight excluding hydrogens is 899 g/mol. The highest BCUT2D eigenvalue weighted by Crippen LogP contribution is 2.19. The average Bonchev–Trinajstić information content (AvgIpc) is 3.39. The highest BCUT2D eigenvalue weighted by molar-refractivity contribution is 5.76. The number of amides is 1. The summed E-state index contributed by atoms with van der Waals surface area (Å²) >= 11 is 0. The zero-order valence-electron chi connectivity index (χ0n) is 49.9. The molecule has 0 spiro atoms. The summed E-state index contributed by atoms with van der Waals surface area (Å²) in [4.78, 5) is 24.4. The summed E-state index contributed by atoms with van der Waals surface area (Å²) < 4.78 is 5.48. The van der Waals surface area contributed by atoms with Gasteiger partial charge in [-0.1, -0.05) is 354 Å². The number of rotatable bonds is 64. The number of esters is 1. The van der Waals surface area contributed by atoms with Gasteiger partial charge in [-0.2, -0.15) is 0 Å². The van der Waals surface area contributed by atoms with Crippen LogP contribution in [0.15, 0.2) is 0 Å². The number of carbonyl (C=O) groups excluding carboxylic acids is 2. The molecule has 6 heteroatoms. The minimum atomic E-state index is -0.657.